The molecule has 1 atom stereocenters. The summed E-state index contributed by atoms with van der Waals surface area (Å²) < 4.78 is 24.3. The second-order valence-electron chi connectivity index (χ2n) is 9.05. The Morgan fingerprint density at radius 1 is 0.949 bits per heavy atom. The number of rotatable bonds is 5. The van der Waals surface area contributed by atoms with Gasteiger partial charge in [0.15, 0.2) is 34.9 Å². The summed E-state index contributed by atoms with van der Waals surface area (Å²) in [5.41, 5.74) is 2.72. The number of methoxy groups -OCH3 is 2. The number of anilines is 1. The van der Waals surface area contributed by atoms with E-state index in [9.17, 15) is 4.79 Å². The minimum atomic E-state index is -0.687. The lowest BCUT2D eigenvalue weighted by Crippen LogP contribution is -2.34. The van der Waals surface area contributed by atoms with Gasteiger partial charge in [-0.2, -0.15) is 4.68 Å². The summed E-state index contributed by atoms with van der Waals surface area (Å²) in [4.78, 5) is 22.6. The van der Waals surface area contributed by atoms with Crippen LogP contribution in [0.2, 0.25) is 0 Å². The number of aromatic nitrogens is 4. The molecule has 3 aliphatic heterocycles. The second-order valence-corrected chi connectivity index (χ2v) is 9.05. The standard InChI is InChI=1S/C27H23N7O5/c1-36-20-11-10-16(14-22(20)37-2)15-32-23-25(28-17-6-3-4-7-18(17)34-26(23)29-30-31-34)33(27(32)35)19-8-5-9-21-24(19)39-13-12-38-21/h3-11,14,23H,12-13,15H2,1-2H3. The van der Waals surface area contributed by atoms with E-state index in [0.29, 0.717) is 64.9 Å². The summed E-state index contributed by atoms with van der Waals surface area (Å²) in [6.07, 6.45) is 0. The molecule has 0 bridgehead atoms. The van der Waals surface area contributed by atoms with Gasteiger partial charge in [-0.15, -0.1) is 5.10 Å². The SMILES string of the molecule is COc1ccc(CN2C(=O)N(c3cccc4c3OCCO4)C3=Nc4ccccc4-n4nnnc4C32)cc1OC. The Morgan fingerprint density at radius 3 is 2.64 bits per heavy atom. The van der Waals surface area contributed by atoms with Gasteiger partial charge in [0, 0.05) is 6.54 Å². The number of amidine groups is 1. The highest BCUT2D eigenvalue weighted by molar-refractivity contribution is 6.25. The third kappa shape index (κ3) is 3.55. The average molecular weight is 526 g/mol. The molecule has 2 amide bonds. The number of carbonyl (C=O) groups excluding carboxylic acids is 1. The molecule has 0 saturated carbocycles. The molecule has 7 rings (SSSR count). The van der Waals surface area contributed by atoms with Crippen molar-refractivity contribution in [3.8, 4) is 28.7 Å². The van der Waals surface area contributed by atoms with E-state index >= 15 is 0 Å². The van der Waals surface area contributed by atoms with Crippen LogP contribution in [0.25, 0.3) is 5.69 Å². The molecule has 39 heavy (non-hydrogen) atoms. The van der Waals surface area contributed by atoms with Crippen LogP contribution in [0, 0.1) is 0 Å². The van der Waals surface area contributed by atoms with Crippen molar-refractivity contribution in [2.75, 3.05) is 32.3 Å². The number of fused-ring (bicyclic) bond motifs is 6. The molecular weight excluding hydrogens is 502 g/mol. The molecule has 0 spiro atoms. The average Bonchev–Trinajstić information content (AvgIpc) is 3.52. The van der Waals surface area contributed by atoms with Gasteiger partial charge in [-0.25, -0.2) is 14.7 Å². The van der Waals surface area contributed by atoms with Crippen LogP contribution in [0.3, 0.4) is 0 Å². The van der Waals surface area contributed by atoms with Crippen molar-refractivity contribution in [3.05, 3.63) is 72.1 Å². The molecule has 0 aliphatic carbocycles. The molecule has 12 heteroatoms. The quantitative estimate of drug-likeness (QED) is 0.388. The van der Waals surface area contributed by atoms with Gasteiger partial charge >= 0.3 is 6.03 Å². The number of hydrogen-bond donors (Lipinski definition) is 0. The van der Waals surface area contributed by atoms with Gasteiger partial charge in [0.2, 0.25) is 0 Å². The minimum absolute atomic E-state index is 0.231. The van der Waals surface area contributed by atoms with Crippen LogP contribution >= 0.6 is 0 Å². The maximum atomic E-state index is 14.3. The predicted molar refractivity (Wildman–Crippen MR) is 139 cm³/mol. The summed E-state index contributed by atoms with van der Waals surface area (Å²) in [6, 6.07) is 17.6. The van der Waals surface area contributed by atoms with Gasteiger partial charge in [0.25, 0.3) is 0 Å². The fourth-order valence-corrected chi connectivity index (χ4v) is 5.16. The third-order valence-electron chi connectivity index (χ3n) is 6.89. The largest absolute Gasteiger partial charge is 0.493 e. The summed E-state index contributed by atoms with van der Waals surface area (Å²) in [7, 11) is 3.16. The Hall–Kier alpha value is -5.13. The molecule has 196 valence electrons. The fraction of sp³-hybridized carbons (Fsp3) is 0.222. The zero-order valence-electron chi connectivity index (χ0n) is 21.1. The molecular formula is C27H23N7O5. The zero-order valence-corrected chi connectivity index (χ0v) is 21.1. The number of nitrogens with zero attached hydrogens (tertiary/aromatic N) is 7. The Kier molecular flexibility index (Phi) is 5.32. The van der Waals surface area contributed by atoms with Crippen LogP contribution < -0.4 is 23.8 Å². The molecule has 0 N–H and O–H groups in total. The maximum absolute atomic E-state index is 14.3. The van der Waals surface area contributed by atoms with Crippen LogP contribution in [0.4, 0.5) is 16.2 Å². The number of benzene rings is 3. The van der Waals surface area contributed by atoms with Crippen LogP contribution in [-0.4, -0.2) is 64.4 Å². The zero-order chi connectivity index (χ0) is 26.5. The van der Waals surface area contributed by atoms with Gasteiger partial charge in [-0.3, -0.25) is 0 Å². The molecule has 12 nitrogen and oxygen atoms in total. The Morgan fingerprint density at radius 2 is 1.77 bits per heavy atom. The van der Waals surface area contributed by atoms with E-state index in [-0.39, 0.29) is 12.6 Å². The second kappa shape index (κ2) is 9.01. The van der Waals surface area contributed by atoms with Gasteiger partial charge in [0.05, 0.1) is 31.3 Å². The lowest BCUT2D eigenvalue weighted by molar-refractivity contribution is 0.172. The summed E-state index contributed by atoms with van der Waals surface area (Å²) in [5.74, 6) is 3.15. The molecule has 4 heterocycles. The molecule has 1 saturated heterocycles. The minimum Gasteiger partial charge on any atom is -0.493 e. The van der Waals surface area contributed by atoms with Gasteiger partial charge < -0.3 is 23.8 Å². The summed E-state index contributed by atoms with van der Waals surface area (Å²) in [6.45, 7) is 1.04. The van der Waals surface area contributed by atoms with Gasteiger partial charge in [-0.1, -0.05) is 24.3 Å². The first-order valence-electron chi connectivity index (χ1n) is 12.3. The highest BCUT2D eigenvalue weighted by Gasteiger charge is 2.50. The van der Waals surface area contributed by atoms with Crippen molar-refractivity contribution in [2.45, 2.75) is 12.6 Å². The van der Waals surface area contributed by atoms with E-state index in [0.717, 1.165) is 5.56 Å². The Balaban J connectivity index is 1.41. The first kappa shape index (κ1) is 23.0. The van der Waals surface area contributed by atoms with Crippen molar-refractivity contribution in [1.29, 1.82) is 0 Å². The van der Waals surface area contributed by atoms with Crippen LogP contribution in [0.5, 0.6) is 23.0 Å². The molecule has 1 fully saturated rings. The van der Waals surface area contributed by atoms with Crippen molar-refractivity contribution in [3.63, 3.8) is 0 Å². The van der Waals surface area contributed by atoms with E-state index in [1.807, 2.05) is 60.7 Å². The number of urea groups is 1. The normalized spacial score (nSPS) is 17.1. The number of ether oxygens (including phenoxy) is 4. The van der Waals surface area contributed by atoms with Crippen molar-refractivity contribution in [1.82, 2.24) is 25.1 Å². The molecule has 3 aromatic carbocycles. The van der Waals surface area contributed by atoms with Gasteiger partial charge in [0.1, 0.15) is 19.0 Å². The number of para-hydroxylation sites is 3. The fourth-order valence-electron chi connectivity index (χ4n) is 5.16. The number of amides is 2. The van der Waals surface area contributed by atoms with E-state index in [2.05, 4.69) is 15.5 Å². The van der Waals surface area contributed by atoms with Crippen LogP contribution in [0.15, 0.2) is 65.7 Å². The van der Waals surface area contributed by atoms with Gasteiger partial charge in [-0.05, 0) is 52.4 Å². The summed E-state index contributed by atoms with van der Waals surface area (Å²) >= 11 is 0. The molecule has 0 radical (unpaired) electrons. The first-order valence-corrected chi connectivity index (χ1v) is 12.3. The van der Waals surface area contributed by atoms with E-state index < -0.39 is 6.04 Å². The molecule has 1 aromatic heterocycles. The lowest BCUT2D eigenvalue weighted by atomic mass is 10.1. The van der Waals surface area contributed by atoms with Crippen molar-refractivity contribution >= 4 is 23.2 Å². The highest BCUT2D eigenvalue weighted by Crippen LogP contribution is 2.46. The van der Waals surface area contributed by atoms with E-state index in [1.54, 1.807) is 28.7 Å². The Labute approximate surface area is 223 Å². The summed E-state index contributed by atoms with van der Waals surface area (Å²) in [5, 5.41) is 12.6. The first-order chi connectivity index (χ1) is 19.2. The monoisotopic (exact) mass is 525 g/mol. The number of hydrogen-bond acceptors (Lipinski definition) is 9. The van der Waals surface area contributed by atoms with E-state index in [4.69, 9.17) is 23.9 Å². The molecule has 1 unspecified atom stereocenters. The number of tetrazole rings is 1. The topological polar surface area (TPSA) is 116 Å². The predicted octanol–water partition coefficient (Wildman–Crippen LogP) is 3.68. The van der Waals surface area contributed by atoms with Crippen LogP contribution in [-0.2, 0) is 6.54 Å². The molecule has 3 aliphatic rings. The number of aliphatic imine (C=N–C) groups is 1. The maximum Gasteiger partial charge on any atom is 0.331 e. The van der Waals surface area contributed by atoms with E-state index in [1.165, 1.54) is 0 Å². The van der Waals surface area contributed by atoms with Crippen LogP contribution in [0.1, 0.15) is 17.4 Å². The highest BCUT2D eigenvalue weighted by atomic mass is 16.6. The smallest absolute Gasteiger partial charge is 0.331 e. The third-order valence-corrected chi connectivity index (χ3v) is 6.89. The Bertz CT molecular complexity index is 1630. The number of carbonyl (C=O) groups is 1. The lowest BCUT2D eigenvalue weighted by Gasteiger charge is -2.25. The van der Waals surface area contributed by atoms with Crippen molar-refractivity contribution in [2.24, 2.45) is 4.99 Å². The molecule has 4 aromatic rings. The van der Waals surface area contributed by atoms with Crippen molar-refractivity contribution < 1.29 is 23.7 Å².